The van der Waals surface area contributed by atoms with Crippen molar-refractivity contribution in [2.45, 2.75) is 33.7 Å². The second-order valence-corrected chi connectivity index (χ2v) is 5.96. The number of aromatic nitrogens is 1. The van der Waals surface area contributed by atoms with Gasteiger partial charge < -0.3 is 14.8 Å². The molecule has 0 unspecified atom stereocenters. The molecule has 0 aliphatic carbocycles. The third-order valence-electron chi connectivity index (χ3n) is 2.56. The fourth-order valence-electron chi connectivity index (χ4n) is 1.73. The minimum atomic E-state index is -0.260. The van der Waals surface area contributed by atoms with E-state index in [1.807, 2.05) is 6.92 Å². The highest BCUT2D eigenvalue weighted by molar-refractivity contribution is 7.13. The highest BCUT2D eigenvalue weighted by Gasteiger charge is 2.19. The van der Waals surface area contributed by atoms with Crippen molar-refractivity contribution in [3.05, 3.63) is 15.6 Å². The van der Waals surface area contributed by atoms with E-state index in [-0.39, 0.29) is 5.97 Å². The molecule has 0 aliphatic rings. The van der Waals surface area contributed by atoms with Crippen molar-refractivity contribution >= 4 is 17.3 Å². The van der Waals surface area contributed by atoms with Gasteiger partial charge in [0.15, 0.2) is 0 Å². The third kappa shape index (κ3) is 5.56. The Morgan fingerprint density at radius 3 is 2.80 bits per heavy atom. The number of thiazole rings is 1. The molecule has 0 amide bonds. The van der Waals surface area contributed by atoms with Crippen LogP contribution in [0, 0.1) is 5.92 Å². The van der Waals surface area contributed by atoms with Gasteiger partial charge in [0.25, 0.3) is 0 Å². The van der Waals surface area contributed by atoms with E-state index in [0.717, 1.165) is 23.7 Å². The number of ether oxygens (including phenoxy) is 2. The summed E-state index contributed by atoms with van der Waals surface area (Å²) in [4.78, 5) is 17.2. The van der Waals surface area contributed by atoms with Gasteiger partial charge in [-0.25, -0.2) is 9.78 Å². The number of rotatable bonds is 9. The molecule has 6 heteroatoms. The van der Waals surface area contributed by atoms with E-state index >= 15 is 0 Å². The van der Waals surface area contributed by atoms with Crippen LogP contribution in [0.2, 0.25) is 0 Å². The van der Waals surface area contributed by atoms with E-state index in [1.54, 1.807) is 7.11 Å². The van der Waals surface area contributed by atoms with Crippen molar-refractivity contribution in [2.24, 2.45) is 5.92 Å². The maximum atomic E-state index is 11.9. The second kappa shape index (κ2) is 9.05. The van der Waals surface area contributed by atoms with Gasteiger partial charge >= 0.3 is 5.97 Å². The summed E-state index contributed by atoms with van der Waals surface area (Å²) in [7, 11) is 1.67. The molecule has 20 heavy (non-hydrogen) atoms. The Balaban J connectivity index is 2.74. The van der Waals surface area contributed by atoms with Crippen LogP contribution in [0.15, 0.2) is 0 Å². The Morgan fingerprint density at radius 2 is 2.20 bits per heavy atom. The average molecular weight is 300 g/mol. The molecular formula is C14H24N2O3S. The standard InChI is InChI=1S/C14H24N2O3S/c1-5-19-14(17)13-11(8-10(2)3)16-12(20-13)9-15-6-7-18-4/h10,15H,5-9H2,1-4H3. The van der Waals surface area contributed by atoms with Crippen LogP contribution in [-0.2, 0) is 22.4 Å². The predicted molar refractivity (Wildman–Crippen MR) is 80.2 cm³/mol. The smallest absolute Gasteiger partial charge is 0.350 e. The zero-order valence-electron chi connectivity index (χ0n) is 12.7. The highest BCUT2D eigenvalue weighted by atomic mass is 32.1. The first kappa shape index (κ1) is 17.1. The van der Waals surface area contributed by atoms with Gasteiger partial charge in [0, 0.05) is 20.2 Å². The van der Waals surface area contributed by atoms with Crippen molar-refractivity contribution in [1.29, 1.82) is 0 Å². The number of nitrogens with zero attached hydrogens (tertiary/aromatic N) is 1. The lowest BCUT2D eigenvalue weighted by Crippen LogP contribution is -2.18. The van der Waals surface area contributed by atoms with Crippen molar-refractivity contribution in [1.82, 2.24) is 10.3 Å². The van der Waals surface area contributed by atoms with E-state index in [4.69, 9.17) is 9.47 Å². The molecule has 0 saturated heterocycles. The Bertz CT molecular complexity index is 419. The third-order valence-corrected chi connectivity index (χ3v) is 3.64. The molecular weight excluding hydrogens is 276 g/mol. The first-order valence-electron chi connectivity index (χ1n) is 6.93. The molecule has 0 saturated carbocycles. The van der Waals surface area contributed by atoms with Crippen LogP contribution in [0.1, 0.15) is 41.1 Å². The van der Waals surface area contributed by atoms with E-state index in [2.05, 4.69) is 24.1 Å². The summed E-state index contributed by atoms with van der Waals surface area (Å²) in [5, 5.41) is 4.15. The maximum Gasteiger partial charge on any atom is 0.350 e. The number of methoxy groups -OCH3 is 1. The topological polar surface area (TPSA) is 60.5 Å². The largest absolute Gasteiger partial charge is 0.462 e. The van der Waals surface area contributed by atoms with Crippen LogP contribution in [-0.4, -0.2) is 37.8 Å². The summed E-state index contributed by atoms with van der Waals surface area (Å²) in [6.45, 7) is 8.51. The lowest BCUT2D eigenvalue weighted by Gasteiger charge is -2.04. The lowest BCUT2D eigenvalue weighted by molar-refractivity contribution is 0.0530. The minimum absolute atomic E-state index is 0.260. The van der Waals surface area contributed by atoms with Gasteiger partial charge in [-0.2, -0.15) is 0 Å². The summed E-state index contributed by atoms with van der Waals surface area (Å²) in [5.74, 6) is 0.198. The lowest BCUT2D eigenvalue weighted by atomic mass is 10.1. The average Bonchev–Trinajstić information content (AvgIpc) is 2.77. The van der Waals surface area contributed by atoms with Gasteiger partial charge in [-0.1, -0.05) is 13.8 Å². The fraction of sp³-hybridized carbons (Fsp3) is 0.714. The first-order valence-corrected chi connectivity index (χ1v) is 7.75. The minimum Gasteiger partial charge on any atom is -0.462 e. The fourth-order valence-corrected chi connectivity index (χ4v) is 2.68. The van der Waals surface area contributed by atoms with Crippen LogP contribution in [0.4, 0.5) is 0 Å². The second-order valence-electron chi connectivity index (χ2n) is 4.87. The number of carbonyl (C=O) groups is 1. The van der Waals surface area contributed by atoms with E-state index in [9.17, 15) is 4.79 Å². The molecule has 1 heterocycles. The molecule has 1 aromatic heterocycles. The molecule has 0 aliphatic heterocycles. The molecule has 1 aromatic rings. The van der Waals surface area contributed by atoms with Gasteiger partial charge in [0.05, 0.1) is 18.9 Å². The molecule has 114 valence electrons. The zero-order chi connectivity index (χ0) is 15.0. The number of carbonyl (C=O) groups excluding carboxylic acids is 1. The summed E-state index contributed by atoms with van der Waals surface area (Å²) < 4.78 is 10.1. The van der Waals surface area contributed by atoms with Crippen molar-refractivity contribution in [3.63, 3.8) is 0 Å². The van der Waals surface area contributed by atoms with Crippen molar-refractivity contribution in [2.75, 3.05) is 26.9 Å². The summed E-state index contributed by atoms with van der Waals surface area (Å²) in [6, 6.07) is 0. The summed E-state index contributed by atoms with van der Waals surface area (Å²) in [5.41, 5.74) is 0.854. The quantitative estimate of drug-likeness (QED) is 0.560. The number of nitrogens with one attached hydrogen (secondary N) is 1. The van der Waals surface area contributed by atoms with Crippen molar-refractivity contribution < 1.29 is 14.3 Å². The Hall–Kier alpha value is -0.980. The monoisotopic (exact) mass is 300 g/mol. The molecule has 5 nitrogen and oxygen atoms in total. The first-order chi connectivity index (χ1) is 9.58. The molecule has 1 N–H and O–H groups in total. The van der Waals surface area contributed by atoms with Gasteiger partial charge in [-0.15, -0.1) is 11.3 Å². The SMILES string of the molecule is CCOC(=O)c1sc(CNCCOC)nc1CC(C)C. The van der Waals surface area contributed by atoms with E-state index < -0.39 is 0 Å². The van der Waals surface area contributed by atoms with Crippen LogP contribution in [0.3, 0.4) is 0 Å². The van der Waals surface area contributed by atoms with Crippen LogP contribution >= 0.6 is 11.3 Å². The normalized spacial score (nSPS) is 11.1. The van der Waals surface area contributed by atoms with Crippen molar-refractivity contribution in [3.8, 4) is 0 Å². The Kier molecular flexibility index (Phi) is 7.72. The number of hydrogen-bond donors (Lipinski definition) is 1. The van der Waals surface area contributed by atoms with Crippen LogP contribution in [0.25, 0.3) is 0 Å². The summed E-state index contributed by atoms with van der Waals surface area (Å²) >= 11 is 1.42. The molecule has 0 fully saturated rings. The van der Waals surface area contributed by atoms with E-state index in [0.29, 0.717) is 30.6 Å². The Morgan fingerprint density at radius 1 is 1.45 bits per heavy atom. The molecule has 0 radical (unpaired) electrons. The Labute approximate surface area is 124 Å². The van der Waals surface area contributed by atoms with E-state index in [1.165, 1.54) is 11.3 Å². The van der Waals surface area contributed by atoms with Gasteiger partial charge in [0.2, 0.25) is 0 Å². The molecule has 1 rings (SSSR count). The van der Waals surface area contributed by atoms with Gasteiger partial charge in [-0.05, 0) is 19.3 Å². The zero-order valence-corrected chi connectivity index (χ0v) is 13.5. The summed E-state index contributed by atoms with van der Waals surface area (Å²) in [6.07, 6.45) is 0.794. The molecule has 0 atom stereocenters. The highest BCUT2D eigenvalue weighted by Crippen LogP contribution is 2.22. The van der Waals surface area contributed by atoms with Gasteiger partial charge in [-0.3, -0.25) is 0 Å². The molecule has 0 bridgehead atoms. The number of hydrogen-bond acceptors (Lipinski definition) is 6. The number of esters is 1. The predicted octanol–water partition coefficient (Wildman–Crippen LogP) is 2.25. The maximum absolute atomic E-state index is 11.9. The van der Waals surface area contributed by atoms with Crippen LogP contribution < -0.4 is 5.32 Å². The van der Waals surface area contributed by atoms with Gasteiger partial charge in [0.1, 0.15) is 9.88 Å². The molecule has 0 aromatic carbocycles. The van der Waals surface area contributed by atoms with Crippen LogP contribution in [0.5, 0.6) is 0 Å². The molecule has 0 spiro atoms.